The molecule has 2 rings (SSSR count). The van der Waals surface area contributed by atoms with Crippen LogP contribution in [0.2, 0.25) is 5.02 Å². The molecular formula is C19H30ClN3O2. The summed E-state index contributed by atoms with van der Waals surface area (Å²) in [6.07, 6.45) is 0. The first-order valence-electron chi connectivity index (χ1n) is 8.91. The summed E-state index contributed by atoms with van der Waals surface area (Å²) >= 11 is 5.87. The summed E-state index contributed by atoms with van der Waals surface area (Å²) in [7, 11) is 0. The molecule has 1 heterocycles. The molecule has 140 valence electrons. The van der Waals surface area contributed by atoms with Gasteiger partial charge in [0.05, 0.1) is 6.04 Å². The summed E-state index contributed by atoms with van der Waals surface area (Å²) in [5, 5.41) is 3.78. The Morgan fingerprint density at radius 1 is 1.20 bits per heavy atom. The Hall–Kier alpha value is -1.30. The number of amides is 1. The minimum Gasteiger partial charge on any atom is -0.492 e. The summed E-state index contributed by atoms with van der Waals surface area (Å²) in [5.41, 5.74) is -0.188. The van der Waals surface area contributed by atoms with E-state index >= 15 is 0 Å². The maximum atomic E-state index is 12.3. The Bertz CT molecular complexity index is 549. The molecule has 6 heteroatoms. The van der Waals surface area contributed by atoms with Gasteiger partial charge in [-0.2, -0.15) is 0 Å². The van der Waals surface area contributed by atoms with E-state index in [1.807, 2.05) is 52.0 Å². The monoisotopic (exact) mass is 367 g/mol. The van der Waals surface area contributed by atoms with Crippen molar-refractivity contribution in [3.8, 4) is 5.75 Å². The first-order valence-corrected chi connectivity index (χ1v) is 9.29. The van der Waals surface area contributed by atoms with Crippen LogP contribution >= 0.6 is 11.6 Å². The second-order valence-electron chi connectivity index (χ2n) is 7.60. The molecule has 25 heavy (non-hydrogen) atoms. The van der Waals surface area contributed by atoms with Crippen molar-refractivity contribution in [3.05, 3.63) is 29.3 Å². The molecule has 5 nitrogen and oxygen atoms in total. The van der Waals surface area contributed by atoms with E-state index in [1.165, 1.54) is 0 Å². The van der Waals surface area contributed by atoms with E-state index in [9.17, 15) is 4.79 Å². The number of nitrogens with one attached hydrogen (secondary N) is 1. The summed E-state index contributed by atoms with van der Waals surface area (Å²) in [4.78, 5) is 16.9. The standard InChI is InChI=1S/C19H30ClN3O2/c1-15(18(24)21-19(2,3)4)23-11-9-22(10-12-23)13-14-25-17-7-5-16(20)6-8-17/h5-8,15H,9-14H2,1-4H3,(H,21,24). The van der Waals surface area contributed by atoms with Crippen LogP contribution in [0.15, 0.2) is 24.3 Å². The number of hydrogen-bond acceptors (Lipinski definition) is 4. The predicted molar refractivity (Wildman–Crippen MR) is 102 cm³/mol. The Morgan fingerprint density at radius 3 is 2.36 bits per heavy atom. The van der Waals surface area contributed by atoms with Crippen molar-refractivity contribution in [1.29, 1.82) is 0 Å². The smallest absolute Gasteiger partial charge is 0.237 e. The van der Waals surface area contributed by atoms with Gasteiger partial charge in [-0.05, 0) is 52.0 Å². The van der Waals surface area contributed by atoms with E-state index in [1.54, 1.807) is 0 Å². The predicted octanol–water partition coefficient (Wildman–Crippen LogP) is 2.64. The first-order chi connectivity index (χ1) is 11.7. The third-order valence-corrected chi connectivity index (χ3v) is 4.57. The number of rotatable bonds is 6. The van der Waals surface area contributed by atoms with Gasteiger partial charge in [0.15, 0.2) is 0 Å². The van der Waals surface area contributed by atoms with Crippen molar-refractivity contribution in [2.24, 2.45) is 0 Å². The highest BCUT2D eigenvalue weighted by molar-refractivity contribution is 6.30. The summed E-state index contributed by atoms with van der Waals surface area (Å²) < 4.78 is 5.75. The summed E-state index contributed by atoms with van der Waals surface area (Å²) in [6.45, 7) is 13.3. The van der Waals surface area contributed by atoms with Gasteiger partial charge in [-0.1, -0.05) is 11.6 Å². The average molecular weight is 368 g/mol. The zero-order valence-corrected chi connectivity index (χ0v) is 16.5. The van der Waals surface area contributed by atoms with Crippen molar-refractivity contribution in [2.45, 2.75) is 39.3 Å². The lowest BCUT2D eigenvalue weighted by molar-refractivity contribution is -0.128. The fourth-order valence-corrected chi connectivity index (χ4v) is 2.96. The summed E-state index contributed by atoms with van der Waals surface area (Å²) in [6, 6.07) is 7.34. The quantitative estimate of drug-likeness (QED) is 0.839. The van der Waals surface area contributed by atoms with Gasteiger partial charge in [0.1, 0.15) is 12.4 Å². The molecule has 1 saturated heterocycles. The van der Waals surface area contributed by atoms with Crippen LogP contribution in [0.1, 0.15) is 27.7 Å². The second-order valence-corrected chi connectivity index (χ2v) is 8.03. The number of ether oxygens (including phenoxy) is 1. The molecule has 0 aliphatic carbocycles. The minimum atomic E-state index is -0.188. The molecule has 1 aliphatic heterocycles. The van der Waals surface area contributed by atoms with Crippen LogP contribution in [0.4, 0.5) is 0 Å². The molecule has 1 atom stereocenters. The Kier molecular flexibility index (Phi) is 7.11. The maximum absolute atomic E-state index is 12.3. The number of carbonyl (C=O) groups excluding carboxylic acids is 1. The van der Waals surface area contributed by atoms with Gasteiger partial charge in [0, 0.05) is 43.3 Å². The Labute approximate surface area is 156 Å². The lowest BCUT2D eigenvalue weighted by atomic mass is 10.1. The molecular weight excluding hydrogens is 338 g/mol. The zero-order chi connectivity index (χ0) is 18.4. The van der Waals surface area contributed by atoms with Gasteiger partial charge < -0.3 is 10.1 Å². The van der Waals surface area contributed by atoms with E-state index in [0.29, 0.717) is 11.6 Å². The molecule has 1 aromatic rings. The van der Waals surface area contributed by atoms with Gasteiger partial charge >= 0.3 is 0 Å². The SMILES string of the molecule is CC(C(=O)NC(C)(C)C)N1CCN(CCOc2ccc(Cl)cc2)CC1. The molecule has 1 aliphatic rings. The zero-order valence-electron chi connectivity index (χ0n) is 15.7. The number of benzene rings is 1. The van der Waals surface area contributed by atoms with Crippen LogP contribution in [0.3, 0.4) is 0 Å². The topological polar surface area (TPSA) is 44.8 Å². The molecule has 1 fully saturated rings. The number of carbonyl (C=O) groups is 1. The molecule has 0 radical (unpaired) electrons. The van der Waals surface area contributed by atoms with E-state index in [-0.39, 0.29) is 17.5 Å². The van der Waals surface area contributed by atoms with Crippen LogP contribution in [0.5, 0.6) is 5.75 Å². The molecule has 0 spiro atoms. The third-order valence-electron chi connectivity index (χ3n) is 4.32. The van der Waals surface area contributed by atoms with Crippen molar-refractivity contribution in [1.82, 2.24) is 15.1 Å². The van der Waals surface area contributed by atoms with E-state index < -0.39 is 0 Å². The first kappa shape index (κ1) is 20.0. The highest BCUT2D eigenvalue weighted by atomic mass is 35.5. The van der Waals surface area contributed by atoms with Crippen molar-refractivity contribution < 1.29 is 9.53 Å². The molecule has 0 aromatic heterocycles. The lowest BCUT2D eigenvalue weighted by Gasteiger charge is -2.38. The van der Waals surface area contributed by atoms with Crippen LogP contribution in [0.25, 0.3) is 0 Å². The fraction of sp³-hybridized carbons (Fsp3) is 0.632. The number of piperazine rings is 1. The van der Waals surface area contributed by atoms with Crippen LogP contribution in [0, 0.1) is 0 Å². The number of hydrogen-bond donors (Lipinski definition) is 1. The average Bonchev–Trinajstić information content (AvgIpc) is 2.55. The maximum Gasteiger partial charge on any atom is 0.237 e. The van der Waals surface area contributed by atoms with Crippen LogP contribution < -0.4 is 10.1 Å². The Balaban J connectivity index is 1.68. The van der Waals surface area contributed by atoms with E-state index in [4.69, 9.17) is 16.3 Å². The van der Waals surface area contributed by atoms with E-state index in [0.717, 1.165) is 38.5 Å². The fourth-order valence-electron chi connectivity index (χ4n) is 2.84. The van der Waals surface area contributed by atoms with Gasteiger partial charge in [0.2, 0.25) is 5.91 Å². The molecule has 0 bridgehead atoms. The van der Waals surface area contributed by atoms with Crippen LogP contribution in [-0.4, -0.2) is 66.6 Å². The number of halogens is 1. The van der Waals surface area contributed by atoms with E-state index in [2.05, 4.69) is 15.1 Å². The van der Waals surface area contributed by atoms with Crippen molar-refractivity contribution in [2.75, 3.05) is 39.3 Å². The van der Waals surface area contributed by atoms with Crippen molar-refractivity contribution in [3.63, 3.8) is 0 Å². The van der Waals surface area contributed by atoms with Gasteiger partial charge in [-0.3, -0.25) is 14.6 Å². The highest BCUT2D eigenvalue weighted by Gasteiger charge is 2.27. The van der Waals surface area contributed by atoms with Crippen LogP contribution in [-0.2, 0) is 4.79 Å². The molecule has 1 amide bonds. The molecule has 1 N–H and O–H groups in total. The second kappa shape index (κ2) is 8.88. The summed E-state index contributed by atoms with van der Waals surface area (Å²) in [5.74, 6) is 0.947. The lowest BCUT2D eigenvalue weighted by Crippen LogP contribution is -2.56. The highest BCUT2D eigenvalue weighted by Crippen LogP contribution is 2.15. The third kappa shape index (κ3) is 6.84. The van der Waals surface area contributed by atoms with Gasteiger partial charge in [-0.25, -0.2) is 0 Å². The molecule has 1 aromatic carbocycles. The molecule has 0 saturated carbocycles. The largest absolute Gasteiger partial charge is 0.492 e. The van der Waals surface area contributed by atoms with Crippen molar-refractivity contribution >= 4 is 17.5 Å². The van der Waals surface area contributed by atoms with Gasteiger partial charge in [0.25, 0.3) is 0 Å². The minimum absolute atomic E-state index is 0.0910. The molecule has 1 unspecified atom stereocenters. The van der Waals surface area contributed by atoms with Gasteiger partial charge in [-0.15, -0.1) is 0 Å². The number of nitrogens with zero attached hydrogens (tertiary/aromatic N) is 2. The Morgan fingerprint density at radius 2 is 1.80 bits per heavy atom. The normalized spacial score (nSPS) is 18.0.